The lowest BCUT2D eigenvalue weighted by Crippen LogP contribution is -2.38. The zero-order chi connectivity index (χ0) is 12.3. The van der Waals surface area contributed by atoms with E-state index in [1.54, 1.807) is 0 Å². The Labute approximate surface area is 94.4 Å². The molecule has 1 aliphatic rings. The highest BCUT2D eigenvalue weighted by Gasteiger charge is 2.34. The molecule has 0 radical (unpaired) electrons. The van der Waals surface area contributed by atoms with Gasteiger partial charge < -0.3 is 10.0 Å². The van der Waals surface area contributed by atoms with Gasteiger partial charge in [-0.25, -0.2) is 8.78 Å². The fourth-order valence-electron chi connectivity index (χ4n) is 1.49. The standard InChI is InChI=1S/C11H19F2NO2/c1-3-11(12,13)6-10(16)14(2)7-9(15)8-4-5-8/h8-9,15H,3-7H2,1-2H3. The highest BCUT2D eigenvalue weighted by Crippen LogP contribution is 2.33. The summed E-state index contributed by atoms with van der Waals surface area (Å²) in [7, 11) is 1.46. The highest BCUT2D eigenvalue weighted by molar-refractivity contribution is 5.76. The van der Waals surface area contributed by atoms with Crippen LogP contribution in [0, 0.1) is 5.92 Å². The summed E-state index contributed by atoms with van der Waals surface area (Å²) in [5.41, 5.74) is 0. The molecule has 0 heterocycles. The molecule has 16 heavy (non-hydrogen) atoms. The number of carbonyl (C=O) groups is 1. The van der Waals surface area contributed by atoms with Crippen LogP contribution in [0.5, 0.6) is 0 Å². The molecular formula is C11H19F2NO2. The van der Waals surface area contributed by atoms with Gasteiger partial charge in [0.05, 0.1) is 12.5 Å². The fraction of sp³-hybridized carbons (Fsp3) is 0.909. The number of aliphatic hydroxyl groups excluding tert-OH is 1. The van der Waals surface area contributed by atoms with Crippen molar-refractivity contribution < 1.29 is 18.7 Å². The Kier molecular flexibility index (Phi) is 4.24. The van der Waals surface area contributed by atoms with Crippen molar-refractivity contribution in [2.75, 3.05) is 13.6 Å². The molecule has 5 heteroatoms. The Morgan fingerprint density at radius 2 is 2.12 bits per heavy atom. The molecule has 0 spiro atoms. The van der Waals surface area contributed by atoms with Gasteiger partial charge in [0.15, 0.2) is 0 Å². The number of hydrogen-bond acceptors (Lipinski definition) is 2. The van der Waals surface area contributed by atoms with Gasteiger partial charge in [0.1, 0.15) is 0 Å². The third-order valence-electron chi connectivity index (χ3n) is 2.98. The van der Waals surface area contributed by atoms with Gasteiger partial charge >= 0.3 is 0 Å². The van der Waals surface area contributed by atoms with Gasteiger partial charge in [-0.15, -0.1) is 0 Å². The molecule has 1 aliphatic carbocycles. The molecule has 1 amide bonds. The summed E-state index contributed by atoms with van der Waals surface area (Å²) in [5, 5.41) is 9.58. The number of nitrogens with zero attached hydrogens (tertiary/aromatic N) is 1. The normalized spacial score (nSPS) is 18.3. The molecule has 1 N–H and O–H groups in total. The maximum atomic E-state index is 13.0. The zero-order valence-electron chi connectivity index (χ0n) is 9.75. The van der Waals surface area contributed by atoms with Crippen LogP contribution in [-0.2, 0) is 4.79 Å². The van der Waals surface area contributed by atoms with Crippen LogP contribution in [0.1, 0.15) is 32.6 Å². The van der Waals surface area contributed by atoms with Crippen LogP contribution in [-0.4, -0.2) is 41.5 Å². The Morgan fingerprint density at radius 3 is 2.56 bits per heavy atom. The van der Waals surface area contributed by atoms with E-state index in [9.17, 15) is 18.7 Å². The minimum atomic E-state index is -2.93. The molecule has 0 aromatic heterocycles. The lowest BCUT2D eigenvalue weighted by molar-refractivity contribution is -0.139. The predicted octanol–water partition coefficient (Wildman–Crippen LogP) is 1.65. The number of rotatable bonds is 6. The average molecular weight is 235 g/mol. The zero-order valence-corrected chi connectivity index (χ0v) is 9.75. The second kappa shape index (κ2) is 5.08. The maximum Gasteiger partial charge on any atom is 0.256 e. The van der Waals surface area contributed by atoms with Gasteiger partial charge in [-0.2, -0.15) is 0 Å². The van der Waals surface area contributed by atoms with Crippen molar-refractivity contribution >= 4 is 5.91 Å². The molecule has 0 aromatic carbocycles. The molecule has 0 bridgehead atoms. The van der Waals surface area contributed by atoms with Crippen molar-refractivity contribution in [3.8, 4) is 0 Å². The summed E-state index contributed by atoms with van der Waals surface area (Å²) in [4.78, 5) is 12.6. The van der Waals surface area contributed by atoms with Gasteiger partial charge in [-0.1, -0.05) is 6.92 Å². The highest BCUT2D eigenvalue weighted by atomic mass is 19.3. The van der Waals surface area contributed by atoms with Gasteiger partial charge in [0.25, 0.3) is 5.92 Å². The molecule has 94 valence electrons. The molecule has 1 fully saturated rings. The quantitative estimate of drug-likeness (QED) is 0.760. The number of alkyl halides is 2. The number of amides is 1. The summed E-state index contributed by atoms with van der Waals surface area (Å²) in [5.74, 6) is -3.29. The second-order valence-corrected chi connectivity index (χ2v) is 4.57. The van der Waals surface area contributed by atoms with Crippen LogP contribution < -0.4 is 0 Å². The Morgan fingerprint density at radius 1 is 1.56 bits per heavy atom. The van der Waals surface area contributed by atoms with E-state index in [-0.39, 0.29) is 18.9 Å². The molecule has 0 saturated heterocycles. The van der Waals surface area contributed by atoms with Crippen LogP contribution >= 0.6 is 0 Å². The topological polar surface area (TPSA) is 40.5 Å². The van der Waals surface area contributed by atoms with Gasteiger partial charge in [-0.3, -0.25) is 4.79 Å². The van der Waals surface area contributed by atoms with Crippen molar-refractivity contribution in [3.63, 3.8) is 0 Å². The van der Waals surface area contributed by atoms with E-state index in [1.165, 1.54) is 18.9 Å². The molecule has 1 atom stereocenters. The molecule has 3 nitrogen and oxygen atoms in total. The van der Waals surface area contributed by atoms with Crippen LogP contribution in [0.25, 0.3) is 0 Å². The Balaban J connectivity index is 2.34. The van der Waals surface area contributed by atoms with Gasteiger partial charge in [-0.05, 0) is 18.8 Å². The molecule has 0 aromatic rings. The summed E-state index contributed by atoms with van der Waals surface area (Å²) in [6, 6.07) is 0. The third kappa shape index (κ3) is 4.04. The van der Waals surface area contributed by atoms with Crippen molar-refractivity contribution in [1.29, 1.82) is 0 Å². The first-order valence-electron chi connectivity index (χ1n) is 5.65. The van der Waals surface area contributed by atoms with Crippen LogP contribution in [0.4, 0.5) is 8.78 Å². The number of hydrogen-bond donors (Lipinski definition) is 1. The van der Waals surface area contributed by atoms with Gasteiger partial charge in [0, 0.05) is 20.0 Å². The largest absolute Gasteiger partial charge is 0.391 e. The molecule has 0 aliphatic heterocycles. The van der Waals surface area contributed by atoms with Crippen LogP contribution in [0.15, 0.2) is 0 Å². The average Bonchev–Trinajstić information content (AvgIpc) is 3.00. The first-order chi connectivity index (χ1) is 7.35. The van der Waals surface area contributed by atoms with Crippen LogP contribution in [0.3, 0.4) is 0 Å². The van der Waals surface area contributed by atoms with E-state index in [0.717, 1.165) is 12.8 Å². The lowest BCUT2D eigenvalue weighted by Gasteiger charge is -2.23. The molecule has 1 rings (SSSR count). The lowest BCUT2D eigenvalue weighted by atomic mass is 10.1. The van der Waals surface area contributed by atoms with E-state index in [4.69, 9.17) is 0 Å². The third-order valence-corrected chi connectivity index (χ3v) is 2.98. The van der Waals surface area contributed by atoms with E-state index in [0.29, 0.717) is 0 Å². The minimum Gasteiger partial charge on any atom is -0.391 e. The summed E-state index contributed by atoms with van der Waals surface area (Å²) in [6.45, 7) is 1.51. The van der Waals surface area contributed by atoms with Crippen molar-refractivity contribution in [1.82, 2.24) is 4.90 Å². The van der Waals surface area contributed by atoms with E-state index in [2.05, 4.69) is 0 Å². The molecular weight excluding hydrogens is 216 g/mol. The Bertz CT molecular complexity index is 254. The summed E-state index contributed by atoms with van der Waals surface area (Å²) >= 11 is 0. The minimum absolute atomic E-state index is 0.156. The molecule has 1 saturated carbocycles. The van der Waals surface area contributed by atoms with E-state index in [1.807, 2.05) is 0 Å². The number of likely N-dealkylation sites (N-methyl/N-ethyl adjacent to an activating group) is 1. The number of halogens is 2. The first kappa shape index (κ1) is 13.4. The number of carbonyl (C=O) groups excluding carboxylic acids is 1. The maximum absolute atomic E-state index is 13.0. The van der Waals surface area contributed by atoms with Crippen LogP contribution in [0.2, 0.25) is 0 Å². The fourth-order valence-corrected chi connectivity index (χ4v) is 1.49. The van der Waals surface area contributed by atoms with E-state index < -0.39 is 24.4 Å². The van der Waals surface area contributed by atoms with Crippen molar-refractivity contribution in [2.24, 2.45) is 5.92 Å². The predicted molar refractivity (Wildman–Crippen MR) is 56.2 cm³/mol. The summed E-state index contributed by atoms with van der Waals surface area (Å²) in [6.07, 6.45) is 0.266. The smallest absolute Gasteiger partial charge is 0.256 e. The number of aliphatic hydroxyl groups is 1. The van der Waals surface area contributed by atoms with Crippen molar-refractivity contribution in [2.45, 2.75) is 44.6 Å². The monoisotopic (exact) mass is 235 g/mol. The molecule has 1 unspecified atom stereocenters. The SMILES string of the molecule is CCC(F)(F)CC(=O)N(C)CC(O)C1CC1. The second-order valence-electron chi connectivity index (χ2n) is 4.57. The Hall–Kier alpha value is -0.710. The van der Waals surface area contributed by atoms with E-state index >= 15 is 0 Å². The first-order valence-corrected chi connectivity index (χ1v) is 5.65. The summed E-state index contributed by atoms with van der Waals surface area (Å²) < 4.78 is 25.9. The van der Waals surface area contributed by atoms with Gasteiger partial charge in [0.2, 0.25) is 5.91 Å². The van der Waals surface area contributed by atoms with Crippen molar-refractivity contribution in [3.05, 3.63) is 0 Å².